The smallest absolute Gasteiger partial charge is 0.123 e. The largest absolute Gasteiger partial charge is 0.376 e. The van der Waals surface area contributed by atoms with Crippen molar-refractivity contribution < 1.29 is 9.13 Å². The van der Waals surface area contributed by atoms with E-state index in [0.717, 1.165) is 17.7 Å². The summed E-state index contributed by atoms with van der Waals surface area (Å²) in [4.78, 5) is 0. The van der Waals surface area contributed by atoms with Gasteiger partial charge in [-0.3, -0.25) is 0 Å². The highest BCUT2D eigenvalue weighted by atomic mass is 19.1. The second-order valence-electron chi connectivity index (χ2n) is 5.35. The summed E-state index contributed by atoms with van der Waals surface area (Å²) in [7, 11) is 0. The van der Waals surface area contributed by atoms with Crippen LogP contribution >= 0.6 is 0 Å². The molecule has 0 heterocycles. The summed E-state index contributed by atoms with van der Waals surface area (Å²) in [5.41, 5.74) is 1.97. The highest BCUT2D eigenvalue weighted by molar-refractivity contribution is 5.27. The van der Waals surface area contributed by atoms with E-state index in [4.69, 9.17) is 4.74 Å². The van der Waals surface area contributed by atoms with Crippen LogP contribution in [0.25, 0.3) is 0 Å². The number of nitrogens with one attached hydrogen (secondary N) is 1. The second kappa shape index (κ2) is 6.49. The van der Waals surface area contributed by atoms with Gasteiger partial charge in [-0.05, 0) is 62.4 Å². The molecule has 1 aromatic rings. The number of hydrogen-bond acceptors (Lipinski definition) is 2. The van der Waals surface area contributed by atoms with Crippen molar-refractivity contribution in [3.05, 3.63) is 35.1 Å². The Morgan fingerprint density at radius 2 is 2.05 bits per heavy atom. The van der Waals surface area contributed by atoms with Gasteiger partial charge in [0.2, 0.25) is 0 Å². The lowest BCUT2D eigenvalue weighted by molar-refractivity contribution is 0.0189. The number of hydrogen-bond donors (Lipinski definition) is 1. The Bertz CT molecular complexity index is 397. The van der Waals surface area contributed by atoms with Crippen molar-refractivity contribution in [1.82, 2.24) is 5.32 Å². The van der Waals surface area contributed by atoms with E-state index in [1.807, 2.05) is 13.8 Å². The maximum absolute atomic E-state index is 13.6. The Morgan fingerprint density at radius 3 is 2.58 bits per heavy atom. The summed E-state index contributed by atoms with van der Waals surface area (Å²) in [5.74, 6) is 0.455. The van der Waals surface area contributed by atoms with Crippen LogP contribution in [0.3, 0.4) is 0 Å². The van der Waals surface area contributed by atoms with Gasteiger partial charge < -0.3 is 10.1 Å². The van der Waals surface area contributed by atoms with E-state index in [-0.39, 0.29) is 18.0 Å². The highest BCUT2D eigenvalue weighted by Gasteiger charge is 2.37. The van der Waals surface area contributed by atoms with E-state index < -0.39 is 0 Å². The van der Waals surface area contributed by atoms with Crippen molar-refractivity contribution in [2.75, 3.05) is 13.2 Å². The Kier molecular flexibility index (Phi) is 4.94. The molecular weight excluding hydrogens is 241 g/mol. The van der Waals surface area contributed by atoms with E-state index in [9.17, 15) is 4.39 Å². The van der Waals surface area contributed by atoms with Crippen molar-refractivity contribution in [1.29, 1.82) is 0 Å². The lowest BCUT2D eigenvalue weighted by atomic mass is 9.96. The molecular formula is C16H24FNO. The van der Waals surface area contributed by atoms with Crippen molar-refractivity contribution in [2.24, 2.45) is 5.92 Å². The molecule has 0 spiro atoms. The number of likely N-dealkylation sites (N-methyl/N-ethyl adjacent to an activating group) is 1. The van der Waals surface area contributed by atoms with Crippen LogP contribution in [0.4, 0.5) is 4.39 Å². The zero-order chi connectivity index (χ0) is 13.8. The van der Waals surface area contributed by atoms with Gasteiger partial charge in [0.05, 0.1) is 12.1 Å². The molecule has 1 aromatic carbocycles. The minimum absolute atomic E-state index is 0.0897. The molecule has 3 heteroatoms. The van der Waals surface area contributed by atoms with Crippen LogP contribution in [-0.2, 0) is 4.74 Å². The van der Waals surface area contributed by atoms with Gasteiger partial charge >= 0.3 is 0 Å². The van der Waals surface area contributed by atoms with Gasteiger partial charge in [0.25, 0.3) is 0 Å². The van der Waals surface area contributed by atoms with Crippen LogP contribution in [0.15, 0.2) is 18.2 Å². The predicted octanol–water partition coefficient (Wildman–Crippen LogP) is 3.60. The van der Waals surface area contributed by atoms with Crippen LogP contribution in [0.1, 0.15) is 43.9 Å². The molecule has 1 saturated carbocycles. The summed E-state index contributed by atoms with van der Waals surface area (Å²) < 4.78 is 19.6. The molecule has 0 saturated heterocycles. The van der Waals surface area contributed by atoms with Crippen LogP contribution < -0.4 is 5.32 Å². The van der Waals surface area contributed by atoms with Crippen LogP contribution in [0.5, 0.6) is 0 Å². The summed E-state index contributed by atoms with van der Waals surface area (Å²) in [6.07, 6.45) is 2.60. The number of halogens is 1. The molecule has 1 N–H and O–H groups in total. The van der Waals surface area contributed by atoms with Crippen molar-refractivity contribution in [2.45, 2.75) is 45.8 Å². The third-order valence-electron chi connectivity index (χ3n) is 3.62. The molecule has 2 nitrogen and oxygen atoms in total. The summed E-state index contributed by atoms with van der Waals surface area (Å²) in [5, 5.41) is 3.47. The van der Waals surface area contributed by atoms with E-state index in [0.29, 0.717) is 12.5 Å². The SMILES string of the molecule is CCNC(c1cc(C)cc(F)c1)C(OCC)C1CC1. The molecule has 0 aliphatic heterocycles. The van der Waals surface area contributed by atoms with E-state index >= 15 is 0 Å². The molecule has 2 unspecified atom stereocenters. The van der Waals surface area contributed by atoms with E-state index in [1.54, 1.807) is 12.1 Å². The van der Waals surface area contributed by atoms with Gasteiger partial charge in [-0.25, -0.2) is 4.39 Å². The third-order valence-corrected chi connectivity index (χ3v) is 3.62. The molecule has 0 aromatic heterocycles. The van der Waals surface area contributed by atoms with Crippen LogP contribution in [-0.4, -0.2) is 19.3 Å². The summed E-state index contributed by atoms with van der Waals surface area (Å²) in [6, 6.07) is 5.35. The zero-order valence-corrected chi connectivity index (χ0v) is 12.1. The summed E-state index contributed by atoms with van der Waals surface area (Å²) in [6.45, 7) is 7.60. The molecule has 1 fully saturated rings. The molecule has 1 aliphatic carbocycles. The van der Waals surface area contributed by atoms with Crippen molar-refractivity contribution in [3.8, 4) is 0 Å². The van der Waals surface area contributed by atoms with Crippen LogP contribution in [0, 0.1) is 18.7 Å². The average molecular weight is 265 g/mol. The standard InChI is InChI=1S/C16H24FNO/c1-4-18-15(16(19-5-2)12-6-7-12)13-8-11(3)9-14(17)10-13/h8-10,12,15-16,18H,4-7H2,1-3H3. The Hall–Kier alpha value is -0.930. The second-order valence-corrected chi connectivity index (χ2v) is 5.35. The molecule has 19 heavy (non-hydrogen) atoms. The topological polar surface area (TPSA) is 21.3 Å². The van der Waals surface area contributed by atoms with Gasteiger partial charge in [-0.15, -0.1) is 0 Å². The van der Waals surface area contributed by atoms with Gasteiger partial charge in [0, 0.05) is 6.61 Å². The van der Waals surface area contributed by atoms with Crippen molar-refractivity contribution in [3.63, 3.8) is 0 Å². The minimum atomic E-state index is -0.163. The number of rotatable bonds is 7. The first kappa shape index (κ1) is 14.5. The fourth-order valence-electron chi connectivity index (χ4n) is 2.71. The molecule has 1 aliphatic rings. The lowest BCUT2D eigenvalue weighted by Crippen LogP contribution is -2.35. The Morgan fingerprint density at radius 1 is 1.32 bits per heavy atom. The minimum Gasteiger partial charge on any atom is -0.376 e. The van der Waals surface area contributed by atoms with E-state index in [2.05, 4.69) is 18.3 Å². The summed E-state index contributed by atoms with van der Waals surface area (Å²) >= 11 is 0. The van der Waals surface area contributed by atoms with Gasteiger partial charge in [0.15, 0.2) is 0 Å². The van der Waals surface area contributed by atoms with Gasteiger partial charge in [-0.2, -0.15) is 0 Å². The average Bonchev–Trinajstić information content (AvgIpc) is 3.16. The molecule has 0 radical (unpaired) electrons. The Labute approximate surface area is 115 Å². The third kappa shape index (κ3) is 3.77. The molecule has 0 bridgehead atoms. The first-order valence-electron chi connectivity index (χ1n) is 7.27. The molecule has 2 rings (SSSR count). The maximum atomic E-state index is 13.6. The number of benzene rings is 1. The van der Waals surface area contributed by atoms with Gasteiger partial charge in [-0.1, -0.05) is 13.0 Å². The molecule has 106 valence electrons. The van der Waals surface area contributed by atoms with Gasteiger partial charge in [0.1, 0.15) is 5.82 Å². The zero-order valence-electron chi connectivity index (χ0n) is 12.1. The fourth-order valence-corrected chi connectivity index (χ4v) is 2.71. The molecule has 0 amide bonds. The fraction of sp³-hybridized carbons (Fsp3) is 0.625. The van der Waals surface area contributed by atoms with E-state index in [1.165, 1.54) is 12.8 Å². The maximum Gasteiger partial charge on any atom is 0.123 e. The lowest BCUT2D eigenvalue weighted by Gasteiger charge is -2.28. The monoisotopic (exact) mass is 265 g/mol. The first-order chi connectivity index (χ1) is 9.15. The Balaban J connectivity index is 2.26. The number of aryl methyl sites for hydroxylation is 1. The quantitative estimate of drug-likeness (QED) is 0.813. The van der Waals surface area contributed by atoms with Crippen LogP contribution in [0.2, 0.25) is 0 Å². The highest BCUT2D eigenvalue weighted by Crippen LogP contribution is 2.40. The normalized spacial score (nSPS) is 18.3. The van der Waals surface area contributed by atoms with Crippen molar-refractivity contribution >= 4 is 0 Å². The predicted molar refractivity (Wildman–Crippen MR) is 75.7 cm³/mol. The first-order valence-corrected chi connectivity index (χ1v) is 7.27. The number of ether oxygens (including phenoxy) is 1. The molecule has 2 atom stereocenters.